The van der Waals surface area contributed by atoms with Gasteiger partial charge in [-0.15, -0.1) is 11.3 Å². The maximum atomic E-state index is 11.9. The van der Waals surface area contributed by atoms with Gasteiger partial charge in [0.25, 0.3) is 0 Å². The quantitative estimate of drug-likeness (QED) is 0.848. The van der Waals surface area contributed by atoms with E-state index in [-0.39, 0.29) is 5.91 Å². The van der Waals surface area contributed by atoms with Crippen molar-refractivity contribution >= 4 is 23.1 Å². The van der Waals surface area contributed by atoms with Crippen molar-refractivity contribution in [2.24, 2.45) is 0 Å². The zero-order chi connectivity index (χ0) is 16.1. The molecule has 23 heavy (non-hydrogen) atoms. The van der Waals surface area contributed by atoms with E-state index in [0.717, 1.165) is 18.8 Å². The third-order valence-corrected chi connectivity index (χ3v) is 5.03. The van der Waals surface area contributed by atoms with Crippen LogP contribution in [-0.4, -0.2) is 41.2 Å². The van der Waals surface area contributed by atoms with E-state index < -0.39 is 5.60 Å². The number of aliphatic hydroxyl groups is 1. The molecule has 0 spiro atoms. The molecule has 122 valence electrons. The highest BCUT2D eigenvalue weighted by Gasteiger charge is 2.36. The molecule has 2 aromatic heterocycles. The molecular weight excluding hydrogens is 310 g/mol. The minimum atomic E-state index is -0.879. The summed E-state index contributed by atoms with van der Waals surface area (Å²) in [6, 6.07) is 9.77. The predicted octanol–water partition coefficient (Wildman–Crippen LogP) is 1.83. The number of thiophene rings is 1. The fourth-order valence-corrected chi connectivity index (χ4v) is 3.49. The molecule has 0 saturated carbocycles. The predicted molar refractivity (Wildman–Crippen MR) is 91.7 cm³/mol. The second-order valence-electron chi connectivity index (χ2n) is 5.94. The molecule has 3 rings (SSSR count). The fraction of sp³-hybridized carbons (Fsp3) is 0.412. The number of rotatable bonds is 6. The molecule has 1 aliphatic heterocycles. The summed E-state index contributed by atoms with van der Waals surface area (Å²) in [5.41, 5.74) is -0.879. The summed E-state index contributed by atoms with van der Waals surface area (Å²) < 4.78 is 0. The highest BCUT2D eigenvalue weighted by molar-refractivity contribution is 7.09. The van der Waals surface area contributed by atoms with Gasteiger partial charge < -0.3 is 15.3 Å². The van der Waals surface area contributed by atoms with Crippen molar-refractivity contribution in [1.29, 1.82) is 0 Å². The number of hydrogen-bond acceptors (Lipinski definition) is 5. The number of amides is 1. The Kier molecular flexibility index (Phi) is 4.93. The van der Waals surface area contributed by atoms with E-state index in [4.69, 9.17) is 0 Å². The molecule has 0 aromatic carbocycles. The second kappa shape index (κ2) is 7.10. The zero-order valence-corrected chi connectivity index (χ0v) is 13.8. The Morgan fingerprint density at radius 2 is 2.30 bits per heavy atom. The van der Waals surface area contributed by atoms with E-state index in [9.17, 15) is 9.90 Å². The Morgan fingerprint density at radius 1 is 1.39 bits per heavy atom. The van der Waals surface area contributed by atoms with Crippen molar-refractivity contribution in [3.05, 3.63) is 46.8 Å². The van der Waals surface area contributed by atoms with Crippen molar-refractivity contribution in [3.63, 3.8) is 0 Å². The molecule has 3 heterocycles. The van der Waals surface area contributed by atoms with Crippen LogP contribution in [-0.2, 0) is 11.2 Å². The normalized spacial score (nSPS) is 20.7. The van der Waals surface area contributed by atoms with Crippen LogP contribution in [0.2, 0.25) is 0 Å². The van der Waals surface area contributed by atoms with Crippen LogP contribution in [0.5, 0.6) is 0 Å². The van der Waals surface area contributed by atoms with Gasteiger partial charge in [0.2, 0.25) is 5.91 Å². The number of carbonyl (C=O) groups is 1. The van der Waals surface area contributed by atoms with Crippen LogP contribution < -0.4 is 10.2 Å². The number of hydrogen-bond donors (Lipinski definition) is 2. The van der Waals surface area contributed by atoms with Crippen LogP contribution in [0.3, 0.4) is 0 Å². The van der Waals surface area contributed by atoms with Crippen LogP contribution in [0.1, 0.15) is 17.7 Å². The summed E-state index contributed by atoms with van der Waals surface area (Å²) in [4.78, 5) is 19.5. The molecule has 5 nitrogen and oxygen atoms in total. The van der Waals surface area contributed by atoms with Gasteiger partial charge in [0.1, 0.15) is 11.4 Å². The lowest BCUT2D eigenvalue weighted by atomic mass is 10.0. The Balaban J connectivity index is 1.45. The van der Waals surface area contributed by atoms with Crippen LogP contribution in [0, 0.1) is 0 Å². The van der Waals surface area contributed by atoms with Gasteiger partial charge in [-0.25, -0.2) is 4.98 Å². The third kappa shape index (κ3) is 4.30. The van der Waals surface area contributed by atoms with Crippen LogP contribution in [0.15, 0.2) is 41.9 Å². The van der Waals surface area contributed by atoms with Crippen molar-refractivity contribution in [1.82, 2.24) is 10.3 Å². The Morgan fingerprint density at radius 3 is 3.04 bits per heavy atom. The van der Waals surface area contributed by atoms with E-state index in [1.165, 1.54) is 4.88 Å². The summed E-state index contributed by atoms with van der Waals surface area (Å²) in [6.45, 7) is 1.54. The van der Waals surface area contributed by atoms with Gasteiger partial charge in [-0.1, -0.05) is 12.1 Å². The second-order valence-corrected chi connectivity index (χ2v) is 6.97. The number of anilines is 1. The number of nitrogens with zero attached hydrogens (tertiary/aromatic N) is 2. The van der Waals surface area contributed by atoms with Crippen LogP contribution in [0.25, 0.3) is 0 Å². The molecule has 1 unspecified atom stereocenters. The molecule has 1 amide bonds. The van der Waals surface area contributed by atoms with E-state index in [2.05, 4.69) is 15.2 Å². The molecule has 0 radical (unpaired) electrons. The molecule has 1 aliphatic rings. The smallest absolute Gasteiger partial charge is 0.220 e. The largest absolute Gasteiger partial charge is 0.386 e. The molecule has 1 fully saturated rings. The Labute approximate surface area is 140 Å². The maximum absolute atomic E-state index is 11.9. The van der Waals surface area contributed by atoms with Crippen LogP contribution >= 0.6 is 11.3 Å². The monoisotopic (exact) mass is 331 g/mol. The number of carbonyl (C=O) groups excluding carboxylic acids is 1. The van der Waals surface area contributed by atoms with Crippen molar-refractivity contribution in [3.8, 4) is 0 Å². The summed E-state index contributed by atoms with van der Waals surface area (Å²) in [5.74, 6) is 0.857. The van der Waals surface area contributed by atoms with Gasteiger partial charge in [-0.3, -0.25) is 4.79 Å². The summed E-state index contributed by atoms with van der Waals surface area (Å²) in [6.07, 6.45) is 3.59. The van der Waals surface area contributed by atoms with Crippen molar-refractivity contribution in [2.45, 2.75) is 24.9 Å². The molecule has 0 aliphatic carbocycles. The summed E-state index contributed by atoms with van der Waals surface area (Å²) in [5, 5.41) is 15.5. The summed E-state index contributed by atoms with van der Waals surface area (Å²) in [7, 11) is 0. The molecule has 2 aromatic rings. The average molecular weight is 331 g/mol. The average Bonchev–Trinajstić information content (AvgIpc) is 3.22. The van der Waals surface area contributed by atoms with Gasteiger partial charge in [-0.05, 0) is 36.4 Å². The van der Waals surface area contributed by atoms with Gasteiger partial charge >= 0.3 is 0 Å². The van der Waals surface area contributed by atoms with Crippen molar-refractivity contribution < 1.29 is 9.90 Å². The lowest BCUT2D eigenvalue weighted by Crippen LogP contribution is -2.45. The topological polar surface area (TPSA) is 65.5 Å². The Bertz CT molecular complexity index is 633. The standard InChI is InChI=1S/C17H21N3O2S/c21-16(7-6-14-4-3-11-23-14)19-12-17(22)8-10-20(13-17)15-5-1-2-9-18-15/h1-5,9,11,22H,6-8,10,12-13H2,(H,19,21). The van der Waals surface area contributed by atoms with E-state index >= 15 is 0 Å². The molecule has 2 N–H and O–H groups in total. The van der Waals surface area contributed by atoms with Gasteiger partial charge in [0.15, 0.2) is 0 Å². The minimum absolute atomic E-state index is 0.0110. The van der Waals surface area contributed by atoms with Gasteiger partial charge in [0, 0.05) is 37.1 Å². The molecular formula is C17H21N3O2S. The maximum Gasteiger partial charge on any atom is 0.220 e. The lowest BCUT2D eigenvalue weighted by Gasteiger charge is -2.24. The van der Waals surface area contributed by atoms with Crippen LogP contribution in [0.4, 0.5) is 5.82 Å². The first-order chi connectivity index (χ1) is 11.1. The number of β-amino-alcohol motifs (C(OH)–C–C–N with tert-alkyl or cyclic N) is 1. The third-order valence-electron chi connectivity index (χ3n) is 4.10. The summed E-state index contributed by atoms with van der Waals surface area (Å²) >= 11 is 1.66. The molecule has 6 heteroatoms. The number of pyridine rings is 1. The van der Waals surface area contributed by atoms with Gasteiger partial charge in [0.05, 0.1) is 0 Å². The SMILES string of the molecule is O=C(CCc1cccs1)NCC1(O)CCN(c2ccccn2)C1. The van der Waals surface area contributed by atoms with E-state index in [1.54, 1.807) is 17.5 Å². The van der Waals surface area contributed by atoms with E-state index in [0.29, 0.717) is 25.9 Å². The number of aromatic nitrogens is 1. The fourth-order valence-electron chi connectivity index (χ4n) is 2.78. The molecule has 0 bridgehead atoms. The van der Waals surface area contributed by atoms with Crippen molar-refractivity contribution in [2.75, 3.05) is 24.5 Å². The first-order valence-corrected chi connectivity index (χ1v) is 8.70. The van der Waals surface area contributed by atoms with E-state index in [1.807, 2.05) is 35.7 Å². The highest BCUT2D eigenvalue weighted by atomic mass is 32.1. The van der Waals surface area contributed by atoms with Gasteiger partial charge in [-0.2, -0.15) is 0 Å². The Hall–Kier alpha value is -1.92. The number of aryl methyl sites for hydroxylation is 1. The lowest BCUT2D eigenvalue weighted by molar-refractivity contribution is -0.122. The highest BCUT2D eigenvalue weighted by Crippen LogP contribution is 2.24. The zero-order valence-electron chi connectivity index (χ0n) is 12.9. The minimum Gasteiger partial charge on any atom is -0.386 e. The first-order valence-electron chi connectivity index (χ1n) is 7.82. The first kappa shape index (κ1) is 16.0. The molecule has 1 saturated heterocycles. The molecule has 1 atom stereocenters. The number of nitrogens with one attached hydrogen (secondary N) is 1.